The predicted molar refractivity (Wildman–Crippen MR) is 109 cm³/mol. The van der Waals surface area contributed by atoms with E-state index >= 15 is 0 Å². The molecule has 2 N–H and O–H groups in total. The average Bonchev–Trinajstić information content (AvgIpc) is 3.14. The number of amides is 2. The maximum absolute atomic E-state index is 13.2. The van der Waals surface area contributed by atoms with Crippen LogP contribution in [-0.4, -0.2) is 27.6 Å². The van der Waals surface area contributed by atoms with Crippen LogP contribution in [0.1, 0.15) is 37.9 Å². The predicted octanol–water partition coefficient (Wildman–Crippen LogP) is 3.18. The lowest BCUT2D eigenvalue weighted by Gasteiger charge is -2.22. The summed E-state index contributed by atoms with van der Waals surface area (Å²) < 4.78 is 44.8. The van der Waals surface area contributed by atoms with Crippen LogP contribution in [0.5, 0.6) is 5.75 Å². The van der Waals surface area contributed by atoms with E-state index in [2.05, 4.69) is 5.32 Å². The lowest BCUT2D eigenvalue weighted by atomic mass is 9.96. The molecule has 0 unspecified atom stereocenters. The van der Waals surface area contributed by atoms with Gasteiger partial charge in [0.1, 0.15) is 16.9 Å². The van der Waals surface area contributed by atoms with E-state index < -0.39 is 26.4 Å². The van der Waals surface area contributed by atoms with E-state index in [4.69, 9.17) is 13.6 Å². The van der Waals surface area contributed by atoms with Crippen LogP contribution < -0.4 is 20.2 Å². The molecule has 0 saturated heterocycles. The van der Waals surface area contributed by atoms with Gasteiger partial charge in [-0.25, -0.2) is 17.9 Å². The first-order valence-electron chi connectivity index (χ1n) is 9.66. The first kappa shape index (κ1) is 20.3. The minimum Gasteiger partial charge on any atom is -0.495 e. The minimum atomic E-state index is -4.44. The third-order valence-electron chi connectivity index (χ3n) is 5.26. The van der Waals surface area contributed by atoms with Gasteiger partial charge in [0.05, 0.1) is 18.8 Å². The number of aryl methyl sites for hydroxylation is 1. The second kappa shape index (κ2) is 7.67. The molecule has 9 nitrogen and oxygen atoms in total. The van der Waals surface area contributed by atoms with Crippen LogP contribution in [0, 0.1) is 6.92 Å². The lowest BCUT2D eigenvalue weighted by Crippen LogP contribution is -2.45. The van der Waals surface area contributed by atoms with Crippen molar-refractivity contribution in [1.29, 1.82) is 0 Å². The summed E-state index contributed by atoms with van der Waals surface area (Å²) in [6.07, 6.45) is 5.96. The zero-order valence-electron chi connectivity index (χ0n) is 16.6. The number of hydrogen-bond donors (Lipinski definition) is 2. The third kappa shape index (κ3) is 3.51. The molecule has 2 amide bonds. The summed E-state index contributed by atoms with van der Waals surface area (Å²) in [4.78, 5) is 24.6. The normalized spacial score (nSPS) is 15.4. The van der Waals surface area contributed by atoms with Gasteiger partial charge < -0.3 is 18.9 Å². The highest BCUT2D eigenvalue weighted by Gasteiger charge is 2.31. The van der Waals surface area contributed by atoms with E-state index in [1.165, 1.54) is 32.4 Å². The number of furan rings is 1. The van der Waals surface area contributed by atoms with Crippen LogP contribution in [0.3, 0.4) is 0 Å². The molecular formula is C20H22N2O7S. The van der Waals surface area contributed by atoms with Crippen molar-refractivity contribution >= 4 is 38.0 Å². The van der Waals surface area contributed by atoms with Gasteiger partial charge in [0.25, 0.3) is 10.0 Å². The molecule has 10 heteroatoms. The summed E-state index contributed by atoms with van der Waals surface area (Å²) in [5.74, 6) is 0.358. The molecule has 1 aliphatic rings. The number of fused-ring (bicyclic) bond motifs is 2. The van der Waals surface area contributed by atoms with Crippen LogP contribution in [0.2, 0.25) is 0 Å². The molecule has 1 saturated carbocycles. The fourth-order valence-electron chi connectivity index (χ4n) is 3.98. The van der Waals surface area contributed by atoms with Crippen molar-refractivity contribution in [3.05, 3.63) is 34.4 Å². The van der Waals surface area contributed by atoms with Gasteiger partial charge in [-0.1, -0.05) is 19.3 Å². The Hall–Kier alpha value is -3.01. The summed E-state index contributed by atoms with van der Waals surface area (Å²) in [6.45, 7) is 1.53. The molecule has 30 heavy (non-hydrogen) atoms. The largest absolute Gasteiger partial charge is 0.495 e. The van der Waals surface area contributed by atoms with Gasteiger partial charge in [-0.15, -0.1) is 0 Å². The Kier molecular flexibility index (Phi) is 5.19. The highest BCUT2D eigenvalue weighted by molar-refractivity contribution is 7.90. The fourth-order valence-corrected chi connectivity index (χ4v) is 5.17. The topological polar surface area (TPSA) is 128 Å². The Morgan fingerprint density at radius 3 is 2.63 bits per heavy atom. The Bertz CT molecular complexity index is 1280. The van der Waals surface area contributed by atoms with Crippen LogP contribution in [0.4, 0.5) is 4.79 Å². The number of ether oxygens (including phenoxy) is 1. The summed E-state index contributed by atoms with van der Waals surface area (Å²) in [5, 5.41) is 2.95. The van der Waals surface area contributed by atoms with E-state index in [1.54, 1.807) is 0 Å². The SMILES string of the molecule is COc1c2ccoc2c(S(=O)(=O)NC(=O)NC2CCCCC2)c2oc(C)cc(=O)c12. The highest BCUT2D eigenvalue weighted by Crippen LogP contribution is 2.39. The molecule has 160 valence electrons. The second-order valence-corrected chi connectivity index (χ2v) is 8.98. The highest BCUT2D eigenvalue weighted by atomic mass is 32.2. The molecule has 3 aromatic rings. The standard InChI is InChI=1S/C20H22N2O7S/c1-11-10-14(23)15-16(27-2)13-8-9-28-17(13)19(18(15)29-11)30(25,26)22-20(24)21-12-6-4-3-5-7-12/h8-10,12H,3-7H2,1-2H3,(H2,21,22,24). The van der Waals surface area contributed by atoms with Gasteiger partial charge in [0.15, 0.2) is 21.5 Å². The quantitative estimate of drug-likeness (QED) is 0.645. The first-order valence-corrected chi connectivity index (χ1v) is 11.1. The van der Waals surface area contributed by atoms with Crippen molar-refractivity contribution in [3.8, 4) is 5.75 Å². The molecular weight excluding hydrogens is 412 g/mol. The van der Waals surface area contributed by atoms with E-state index in [9.17, 15) is 18.0 Å². The fraction of sp³-hybridized carbons (Fsp3) is 0.400. The zero-order valence-corrected chi connectivity index (χ0v) is 17.4. The van der Waals surface area contributed by atoms with Crippen molar-refractivity contribution in [1.82, 2.24) is 10.0 Å². The third-order valence-corrected chi connectivity index (χ3v) is 6.62. The monoisotopic (exact) mass is 434 g/mol. The summed E-state index contributed by atoms with van der Waals surface area (Å²) in [5.41, 5.74) is -0.750. The number of hydrogen-bond acceptors (Lipinski definition) is 7. The average molecular weight is 434 g/mol. The van der Waals surface area contributed by atoms with Crippen molar-refractivity contribution in [3.63, 3.8) is 0 Å². The van der Waals surface area contributed by atoms with Crippen molar-refractivity contribution in [2.24, 2.45) is 0 Å². The number of sulfonamides is 1. The number of nitrogens with one attached hydrogen (secondary N) is 2. The molecule has 2 aromatic heterocycles. The van der Waals surface area contributed by atoms with Crippen molar-refractivity contribution < 1.29 is 26.8 Å². The van der Waals surface area contributed by atoms with Gasteiger partial charge in [-0.3, -0.25) is 4.79 Å². The van der Waals surface area contributed by atoms with E-state index in [0.29, 0.717) is 0 Å². The molecule has 0 atom stereocenters. The Morgan fingerprint density at radius 2 is 1.93 bits per heavy atom. The van der Waals surface area contributed by atoms with E-state index in [0.717, 1.165) is 32.1 Å². The molecule has 0 bridgehead atoms. The van der Waals surface area contributed by atoms with Crippen LogP contribution in [0.15, 0.2) is 36.9 Å². The lowest BCUT2D eigenvalue weighted by molar-refractivity contribution is 0.237. The number of carbonyl (C=O) groups excluding carboxylic acids is 1. The molecule has 1 fully saturated rings. The first-order chi connectivity index (χ1) is 14.3. The van der Waals surface area contributed by atoms with Crippen molar-refractivity contribution in [2.75, 3.05) is 7.11 Å². The number of methoxy groups -OCH3 is 1. The minimum absolute atomic E-state index is 0.0370. The van der Waals surface area contributed by atoms with Gasteiger partial charge in [-0.05, 0) is 25.8 Å². The second-order valence-electron chi connectivity index (χ2n) is 7.37. The number of rotatable bonds is 4. The maximum Gasteiger partial charge on any atom is 0.328 e. The van der Waals surface area contributed by atoms with Crippen LogP contribution in [-0.2, 0) is 10.0 Å². The van der Waals surface area contributed by atoms with Crippen LogP contribution in [0.25, 0.3) is 21.9 Å². The number of carbonyl (C=O) groups is 1. The van der Waals surface area contributed by atoms with E-state index in [-0.39, 0.29) is 39.5 Å². The van der Waals surface area contributed by atoms with Crippen molar-refractivity contribution in [2.45, 2.75) is 50.0 Å². The molecule has 1 aromatic carbocycles. The Labute approximate surface area is 172 Å². The molecule has 2 heterocycles. The number of benzene rings is 1. The molecule has 0 aliphatic heterocycles. The molecule has 0 spiro atoms. The maximum atomic E-state index is 13.2. The zero-order chi connectivity index (χ0) is 21.5. The van der Waals surface area contributed by atoms with Gasteiger partial charge in [0.2, 0.25) is 0 Å². The molecule has 4 rings (SSSR count). The van der Waals surface area contributed by atoms with Gasteiger partial charge in [0, 0.05) is 12.1 Å². The smallest absolute Gasteiger partial charge is 0.328 e. The molecule has 1 aliphatic carbocycles. The van der Waals surface area contributed by atoms with E-state index in [1.807, 2.05) is 4.72 Å². The van der Waals surface area contributed by atoms with Gasteiger partial charge >= 0.3 is 6.03 Å². The molecule has 0 radical (unpaired) electrons. The Morgan fingerprint density at radius 1 is 1.20 bits per heavy atom. The summed E-state index contributed by atoms with van der Waals surface area (Å²) >= 11 is 0. The number of urea groups is 1. The summed E-state index contributed by atoms with van der Waals surface area (Å²) in [7, 11) is -3.07. The Balaban J connectivity index is 1.85. The van der Waals surface area contributed by atoms with Crippen LogP contribution >= 0.6 is 0 Å². The van der Waals surface area contributed by atoms with Gasteiger partial charge in [-0.2, -0.15) is 0 Å². The summed E-state index contributed by atoms with van der Waals surface area (Å²) in [6, 6.07) is 1.83.